The van der Waals surface area contributed by atoms with Crippen molar-refractivity contribution >= 4 is 21.2 Å². The Morgan fingerprint density at radius 1 is 1.26 bits per heavy atom. The molecule has 6 heteroatoms. The van der Waals surface area contributed by atoms with Crippen LogP contribution in [0.25, 0.3) is 0 Å². The van der Waals surface area contributed by atoms with E-state index in [4.69, 9.17) is 0 Å². The molecule has 19 heavy (non-hydrogen) atoms. The number of rotatable bonds is 4. The number of aromatic nitrogens is 2. The Morgan fingerprint density at radius 3 is 2.37 bits per heavy atom. The van der Waals surface area contributed by atoms with E-state index in [-0.39, 0.29) is 5.75 Å². The Bertz CT molecular complexity index is 672. The first-order valence-electron chi connectivity index (χ1n) is 6.02. The molecule has 0 amide bonds. The topological polar surface area (TPSA) is 64.0 Å². The third kappa shape index (κ3) is 2.96. The highest BCUT2D eigenvalue weighted by Crippen LogP contribution is 2.21. The van der Waals surface area contributed by atoms with Crippen LogP contribution in [0.3, 0.4) is 0 Å². The van der Waals surface area contributed by atoms with Gasteiger partial charge in [-0.15, -0.1) is 0 Å². The van der Waals surface area contributed by atoms with Crippen molar-refractivity contribution < 1.29 is 8.42 Å². The first-order chi connectivity index (χ1) is 8.92. The number of anilines is 2. The van der Waals surface area contributed by atoms with Crippen LogP contribution in [0.4, 0.5) is 11.4 Å². The van der Waals surface area contributed by atoms with Gasteiger partial charge in [-0.25, -0.2) is 8.42 Å². The maximum atomic E-state index is 11.7. The lowest BCUT2D eigenvalue weighted by Gasteiger charge is -2.06. The van der Waals surface area contributed by atoms with Crippen LogP contribution in [0.2, 0.25) is 0 Å². The van der Waals surface area contributed by atoms with Crippen LogP contribution < -0.4 is 5.32 Å². The summed E-state index contributed by atoms with van der Waals surface area (Å²) < 4.78 is 25.1. The minimum absolute atomic E-state index is 0.113. The molecule has 5 nitrogen and oxygen atoms in total. The van der Waals surface area contributed by atoms with E-state index >= 15 is 0 Å². The van der Waals surface area contributed by atoms with Gasteiger partial charge in [0.1, 0.15) is 0 Å². The van der Waals surface area contributed by atoms with Crippen LogP contribution in [0.15, 0.2) is 35.4 Å². The van der Waals surface area contributed by atoms with Crippen LogP contribution in [-0.2, 0) is 16.9 Å². The van der Waals surface area contributed by atoms with E-state index in [0.717, 1.165) is 17.1 Å². The third-order valence-corrected chi connectivity index (χ3v) is 4.64. The minimum atomic E-state index is -3.14. The molecule has 1 N–H and O–H groups in total. The molecular weight excluding hydrogens is 262 g/mol. The fourth-order valence-corrected chi connectivity index (χ4v) is 2.67. The molecule has 0 saturated carbocycles. The summed E-state index contributed by atoms with van der Waals surface area (Å²) in [5.74, 6) is 0.113. The summed E-state index contributed by atoms with van der Waals surface area (Å²) in [7, 11) is -1.28. The van der Waals surface area contributed by atoms with Crippen molar-refractivity contribution in [2.45, 2.75) is 18.7 Å². The van der Waals surface area contributed by atoms with E-state index in [2.05, 4.69) is 10.4 Å². The quantitative estimate of drug-likeness (QED) is 0.932. The molecule has 0 saturated heterocycles. The zero-order valence-corrected chi connectivity index (χ0v) is 12.0. The maximum Gasteiger partial charge on any atom is 0.178 e. The van der Waals surface area contributed by atoms with Crippen molar-refractivity contribution in [3.63, 3.8) is 0 Å². The van der Waals surface area contributed by atoms with Crippen molar-refractivity contribution in [3.8, 4) is 0 Å². The molecule has 2 aromatic rings. The number of nitrogens with zero attached hydrogens (tertiary/aromatic N) is 2. The summed E-state index contributed by atoms with van der Waals surface area (Å²) in [5.41, 5.74) is 2.65. The summed E-state index contributed by atoms with van der Waals surface area (Å²) in [5, 5.41) is 7.45. The zero-order chi connectivity index (χ0) is 14.0. The lowest BCUT2D eigenvalue weighted by molar-refractivity contribution is 0.597. The van der Waals surface area contributed by atoms with Gasteiger partial charge in [0.15, 0.2) is 9.84 Å². The molecule has 2 rings (SSSR count). The number of sulfone groups is 1. The Kier molecular flexibility index (Phi) is 3.61. The van der Waals surface area contributed by atoms with Gasteiger partial charge in [0.2, 0.25) is 0 Å². The lowest BCUT2D eigenvalue weighted by Crippen LogP contribution is -2.03. The Hall–Kier alpha value is -1.82. The number of hydrogen-bond donors (Lipinski definition) is 1. The molecule has 0 aliphatic rings. The highest BCUT2D eigenvalue weighted by Gasteiger charge is 2.11. The maximum absolute atomic E-state index is 11.7. The predicted octanol–water partition coefficient (Wildman–Crippen LogP) is 2.27. The molecule has 0 radical (unpaired) electrons. The van der Waals surface area contributed by atoms with Crippen molar-refractivity contribution in [3.05, 3.63) is 36.2 Å². The second-order valence-electron chi connectivity index (χ2n) is 4.35. The number of aryl methyl sites for hydroxylation is 2. The molecule has 1 heterocycles. The second-order valence-corrected chi connectivity index (χ2v) is 6.63. The summed E-state index contributed by atoms with van der Waals surface area (Å²) in [6.07, 6.45) is 1.88. The summed E-state index contributed by atoms with van der Waals surface area (Å²) in [6, 6.07) is 6.75. The largest absolute Gasteiger partial charge is 0.353 e. The summed E-state index contributed by atoms with van der Waals surface area (Å²) >= 11 is 0. The monoisotopic (exact) mass is 279 g/mol. The lowest BCUT2D eigenvalue weighted by atomic mass is 10.3. The van der Waals surface area contributed by atoms with E-state index in [0.29, 0.717) is 4.90 Å². The van der Waals surface area contributed by atoms with Crippen molar-refractivity contribution in [1.29, 1.82) is 0 Å². The number of benzene rings is 1. The third-order valence-electron chi connectivity index (χ3n) is 2.89. The summed E-state index contributed by atoms with van der Waals surface area (Å²) in [4.78, 5) is 0.350. The van der Waals surface area contributed by atoms with Crippen LogP contribution in [-0.4, -0.2) is 24.0 Å². The predicted molar refractivity (Wildman–Crippen MR) is 75.4 cm³/mol. The number of nitrogens with one attached hydrogen (secondary N) is 1. The molecule has 0 aliphatic heterocycles. The standard InChI is InChI=1S/C13H17N3O2S/c1-4-19(17,18)12-7-5-11(6-8-12)14-13-9-16(3)15-10(13)2/h5-9,14H,4H2,1-3H3. The first-order valence-corrected chi connectivity index (χ1v) is 7.67. The second kappa shape index (κ2) is 5.05. The van der Waals surface area contributed by atoms with E-state index in [1.807, 2.05) is 20.2 Å². The van der Waals surface area contributed by atoms with Gasteiger partial charge in [-0.05, 0) is 31.2 Å². The van der Waals surface area contributed by atoms with Crippen LogP contribution in [0.5, 0.6) is 0 Å². The molecule has 1 aromatic carbocycles. The Labute approximate surface area is 113 Å². The van der Waals surface area contributed by atoms with Crippen molar-refractivity contribution in [1.82, 2.24) is 9.78 Å². The van der Waals surface area contributed by atoms with Crippen LogP contribution >= 0.6 is 0 Å². The van der Waals surface area contributed by atoms with E-state index < -0.39 is 9.84 Å². The van der Waals surface area contributed by atoms with Gasteiger partial charge in [-0.1, -0.05) is 6.92 Å². The molecule has 0 atom stereocenters. The molecule has 0 bridgehead atoms. The highest BCUT2D eigenvalue weighted by atomic mass is 32.2. The van der Waals surface area contributed by atoms with Gasteiger partial charge in [0.05, 0.1) is 22.0 Å². The van der Waals surface area contributed by atoms with E-state index in [1.165, 1.54) is 0 Å². The van der Waals surface area contributed by atoms with E-state index in [1.54, 1.807) is 35.9 Å². The molecule has 0 aliphatic carbocycles. The highest BCUT2D eigenvalue weighted by molar-refractivity contribution is 7.91. The van der Waals surface area contributed by atoms with Crippen LogP contribution in [0.1, 0.15) is 12.6 Å². The first kappa shape index (κ1) is 13.6. The molecule has 0 fully saturated rings. The average molecular weight is 279 g/mol. The Morgan fingerprint density at radius 2 is 1.89 bits per heavy atom. The molecule has 1 aromatic heterocycles. The molecule has 102 valence electrons. The van der Waals surface area contributed by atoms with Gasteiger partial charge in [-0.3, -0.25) is 4.68 Å². The van der Waals surface area contributed by atoms with Gasteiger partial charge < -0.3 is 5.32 Å². The van der Waals surface area contributed by atoms with Gasteiger partial charge >= 0.3 is 0 Å². The number of hydrogen-bond acceptors (Lipinski definition) is 4. The zero-order valence-electron chi connectivity index (χ0n) is 11.2. The Balaban J connectivity index is 2.22. The normalized spacial score (nSPS) is 11.5. The van der Waals surface area contributed by atoms with Crippen molar-refractivity contribution in [2.75, 3.05) is 11.1 Å². The fourth-order valence-electron chi connectivity index (χ4n) is 1.79. The van der Waals surface area contributed by atoms with Gasteiger partial charge in [0.25, 0.3) is 0 Å². The molecule has 0 spiro atoms. The van der Waals surface area contributed by atoms with Crippen LogP contribution in [0, 0.1) is 6.92 Å². The van der Waals surface area contributed by atoms with Crippen molar-refractivity contribution in [2.24, 2.45) is 7.05 Å². The minimum Gasteiger partial charge on any atom is -0.353 e. The molecular formula is C13H17N3O2S. The summed E-state index contributed by atoms with van der Waals surface area (Å²) in [6.45, 7) is 3.55. The molecule has 0 unspecified atom stereocenters. The fraction of sp³-hybridized carbons (Fsp3) is 0.308. The average Bonchev–Trinajstić information content (AvgIpc) is 2.68. The van der Waals surface area contributed by atoms with Gasteiger partial charge in [-0.2, -0.15) is 5.10 Å². The van der Waals surface area contributed by atoms with Gasteiger partial charge in [0, 0.05) is 18.9 Å². The smallest absolute Gasteiger partial charge is 0.178 e. The SMILES string of the molecule is CCS(=O)(=O)c1ccc(Nc2cn(C)nc2C)cc1. The van der Waals surface area contributed by atoms with E-state index in [9.17, 15) is 8.42 Å².